The number of Topliss-reactive ketones (excluding diaryl/α,β-unsaturated/α-hetero) is 3. The maximum Gasteiger partial charge on any atom is 0.186 e. The van der Waals surface area contributed by atoms with Gasteiger partial charge in [0.2, 0.25) is 0 Å². The molecule has 7 rings (SSSR count). The fourth-order valence-electron chi connectivity index (χ4n) is 6.94. The zero-order valence-electron chi connectivity index (χ0n) is 21.6. The Morgan fingerprint density at radius 3 is 2.27 bits per heavy atom. The molecule has 0 saturated carbocycles. The standard InChI is InChI=1S/C34H24ClNO4/c1-40-24-12-7-10-22(19-24)31(37)30-29(21-9-6-11-23(35)18-21)34(32(38)25-13-3-4-14-26(25)33(34)39)28-17-16-20-8-2-5-15-27(20)36(28)30/h2-19,28-30H,1H3/t28-,29-,30+/m0/s1. The topological polar surface area (TPSA) is 63.7 Å². The van der Waals surface area contributed by atoms with Crippen LogP contribution in [0.4, 0.5) is 5.69 Å². The molecule has 2 aliphatic heterocycles. The molecule has 4 aromatic carbocycles. The van der Waals surface area contributed by atoms with E-state index in [2.05, 4.69) is 0 Å². The van der Waals surface area contributed by atoms with Crippen molar-refractivity contribution < 1.29 is 19.1 Å². The van der Waals surface area contributed by atoms with E-state index in [4.69, 9.17) is 16.3 Å². The van der Waals surface area contributed by atoms with Gasteiger partial charge in [0.15, 0.2) is 17.3 Å². The van der Waals surface area contributed by atoms with Gasteiger partial charge in [-0.25, -0.2) is 0 Å². The van der Waals surface area contributed by atoms with Crippen molar-refractivity contribution in [3.8, 4) is 5.75 Å². The molecular weight excluding hydrogens is 522 g/mol. The molecule has 196 valence electrons. The number of methoxy groups -OCH3 is 1. The van der Waals surface area contributed by atoms with Gasteiger partial charge in [0, 0.05) is 33.3 Å². The quantitative estimate of drug-likeness (QED) is 0.212. The number of hydrogen-bond donors (Lipinski definition) is 0. The van der Waals surface area contributed by atoms with Crippen molar-refractivity contribution in [1.29, 1.82) is 0 Å². The Labute approximate surface area is 236 Å². The zero-order valence-corrected chi connectivity index (χ0v) is 22.3. The van der Waals surface area contributed by atoms with E-state index in [9.17, 15) is 14.4 Å². The second-order valence-corrected chi connectivity index (χ2v) is 10.9. The lowest BCUT2D eigenvalue weighted by Gasteiger charge is -2.37. The Kier molecular flexibility index (Phi) is 5.55. The number of carbonyl (C=O) groups is 3. The molecular formula is C34H24ClNO4. The largest absolute Gasteiger partial charge is 0.497 e. The van der Waals surface area contributed by atoms with Gasteiger partial charge in [-0.05, 0) is 41.5 Å². The lowest BCUT2D eigenvalue weighted by Crippen LogP contribution is -2.48. The highest BCUT2D eigenvalue weighted by molar-refractivity contribution is 6.33. The zero-order chi connectivity index (χ0) is 27.6. The van der Waals surface area contributed by atoms with E-state index in [-0.39, 0.29) is 17.3 Å². The normalized spacial score (nSPS) is 21.8. The van der Waals surface area contributed by atoms with Crippen molar-refractivity contribution in [2.45, 2.75) is 18.0 Å². The molecule has 1 spiro atoms. The molecule has 2 heterocycles. The van der Waals surface area contributed by atoms with Crippen LogP contribution in [0.2, 0.25) is 5.02 Å². The molecule has 3 aliphatic rings. The minimum absolute atomic E-state index is 0.201. The SMILES string of the molecule is COc1cccc(C(=O)[C@H]2[C@H](c3cccc(Cl)c3)C3(C(=O)c4ccccc4C3=O)[C@@H]3C=Cc4ccccc4N32)c1. The molecule has 0 aromatic heterocycles. The van der Waals surface area contributed by atoms with Gasteiger partial charge in [0.25, 0.3) is 0 Å². The lowest BCUT2D eigenvalue weighted by atomic mass is 9.64. The van der Waals surface area contributed by atoms with E-state index in [1.165, 1.54) is 0 Å². The number of anilines is 1. The van der Waals surface area contributed by atoms with Crippen LogP contribution in [0.25, 0.3) is 6.08 Å². The van der Waals surface area contributed by atoms with Crippen molar-refractivity contribution >= 4 is 40.7 Å². The smallest absolute Gasteiger partial charge is 0.186 e. The molecule has 0 unspecified atom stereocenters. The van der Waals surface area contributed by atoms with Crippen LogP contribution >= 0.6 is 11.6 Å². The lowest BCUT2D eigenvalue weighted by molar-refractivity contribution is 0.0666. The molecule has 6 heteroatoms. The Morgan fingerprint density at radius 1 is 0.850 bits per heavy atom. The predicted octanol–water partition coefficient (Wildman–Crippen LogP) is 6.66. The average Bonchev–Trinajstić information content (AvgIpc) is 3.43. The molecule has 0 radical (unpaired) electrons. The van der Waals surface area contributed by atoms with Gasteiger partial charge in [-0.15, -0.1) is 0 Å². The minimum atomic E-state index is -1.56. The number of nitrogens with zero attached hydrogens (tertiary/aromatic N) is 1. The van der Waals surface area contributed by atoms with Crippen LogP contribution in [-0.2, 0) is 0 Å². The van der Waals surface area contributed by atoms with E-state index in [0.717, 1.165) is 11.3 Å². The van der Waals surface area contributed by atoms with Crippen molar-refractivity contribution in [2.24, 2.45) is 5.41 Å². The van der Waals surface area contributed by atoms with Gasteiger partial charge in [-0.3, -0.25) is 14.4 Å². The summed E-state index contributed by atoms with van der Waals surface area (Å²) in [6, 6.07) is 27.4. The van der Waals surface area contributed by atoms with Crippen LogP contribution in [0.5, 0.6) is 5.75 Å². The van der Waals surface area contributed by atoms with Gasteiger partial charge < -0.3 is 9.64 Å². The van der Waals surface area contributed by atoms with Crippen LogP contribution in [-0.4, -0.2) is 36.5 Å². The summed E-state index contributed by atoms with van der Waals surface area (Å²) in [6.45, 7) is 0. The number of benzene rings is 4. The third kappa shape index (κ3) is 3.24. The summed E-state index contributed by atoms with van der Waals surface area (Å²) in [5.41, 5.74) is 2.05. The highest BCUT2D eigenvalue weighted by Crippen LogP contribution is 2.61. The Morgan fingerprint density at radius 2 is 1.55 bits per heavy atom. The fraction of sp³-hybridized carbons (Fsp3) is 0.147. The van der Waals surface area contributed by atoms with Crippen molar-refractivity contribution in [2.75, 3.05) is 12.0 Å². The second-order valence-electron chi connectivity index (χ2n) is 10.4. The van der Waals surface area contributed by atoms with Crippen LogP contribution in [0.15, 0.2) is 103 Å². The maximum absolute atomic E-state index is 14.7. The third-order valence-electron chi connectivity index (χ3n) is 8.54. The van der Waals surface area contributed by atoms with Crippen LogP contribution < -0.4 is 9.64 Å². The number of halogens is 1. The first-order chi connectivity index (χ1) is 19.5. The Balaban J connectivity index is 1.55. The number of carbonyl (C=O) groups excluding carboxylic acids is 3. The Bertz CT molecular complexity index is 1720. The molecule has 1 aliphatic carbocycles. The van der Waals surface area contributed by atoms with Crippen molar-refractivity contribution in [3.63, 3.8) is 0 Å². The van der Waals surface area contributed by atoms with Gasteiger partial charge in [0.05, 0.1) is 13.2 Å². The number of fused-ring (bicyclic) bond motifs is 5. The van der Waals surface area contributed by atoms with E-state index < -0.39 is 23.4 Å². The van der Waals surface area contributed by atoms with Crippen molar-refractivity contribution in [1.82, 2.24) is 0 Å². The minimum Gasteiger partial charge on any atom is -0.497 e. The maximum atomic E-state index is 14.7. The van der Waals surface area contributed by atoms with E-state index in [1.54, 1.807) is 73.8 Å². The average molecular weight is 546 g/mol. The van der Waals surface area contributed by atoms with E-state index >= 15 is 0 Å². The number of ether oxygens (including phenoxy) is 1. The molecule has 3 atom stereocenters. The molecule has 0 bridgehead atoms. The first-order valence-corrected chi connectivity index (χ1v) is 13.5. The fourth-order valence-corrected chi connectivity index (χ4v) is 7.14. The summed E-state index contributed by atoms with van der Waals surface area (Å²) in [5, 5.41) is 0.469. The summed E-state index contributed by atoms with van der Waals surface area (Å²) in [4.78, 5) is 45.9. The summed E-state index contributed by atoms with van der Waals surface area (Å²) >= 11 is 6.50. The number of para-hydroxylation sites is 1. The monoisotopic (exact) mass is 545 g/mol. The highest BCUT2D eigenvalue weighted by atomic mass is 35.5. The number of ketones is 3. The van der Waals surface area contributed by atoms with Crippen LogP contribution in [0, 0.1) is 5.41 Å². The van der Waals surface area contributed by atoms with Gasteiger partial charge in [-0.1, -0.05) is 90.5 Å². The van der Waals surface area contributed by atoms with Gasteiger partial charge in [0.1, 0.15) is 17.2 Å². The molecule has 5 nitrogen and oxygen atoms in total. The summed E-state index contributed by atoms with van der Waals surface area (Å²) in [5.74, 6) is -0.990. The summed E-state index contributed by atoms with van der Waals surface area (Å²) < 4.78 is 5.42. The molecule has 1 fully saturated rings. The number of rotatable bonds is 4. The highest BCUT2D eigenvalue weighted by Gasteiger charge is 2.71. The molecule has 40 heavy (non-hydrogen) atoms. The van der Waals surface area contributed by atoms with Crippen LogP contribution in [0.3, 0.4) is 0 Å². The van der Waals surface area contributed by atoms with E-state index in [0.29, 0.717) is 33.0 Å². The molecule has 4 aromatic rings. The van der Waals surface area contributed by atoms with E-state index in [1.807, 2.05) is 47.4 Å². The first kappa shape index (κ1) is 24.6. The van der Waals surface area contributed by atoms with Crippen molar-refractivity contribution in [3.05, 3.63) is 136 Å². The van der Waals surface area contributed by atoms with Gasteiger partial charge >= 0.3 is 0 Å². The molecule has 0 amide bonds. The number of hydrogen-bond acceptors (Lipinski definition) is 5. The van der Waals surface area contributed by atoms with Crippen LogP contribution in [0.1, 0.15) is 48.1 Å². The predicted molar refractivity (Wildman–Crippen MR) is 155 cm³/mol. The Hall–Kier alpha value is -4.48. The molecule has 0 N–H and O–H groups in total. The summed E-state index contributed by atoms with van der Waals surface area (Å²) in [6.07, 6.45) is 3.87. The second kappa shape index (κ2) is 9.04. The first-order valence-electron chi connectivity index (χ1n) is 13.1. The summed E-state index contributed by atoms with van der Waals surface area (Å²) in [7, 11) is 1.55. The molecule has 1 saturated heterocycles. The third-order valence-corrected chi connectivity index (χ3v) is 8.78. The van der Waals surface area contributed by atoms with Gasteiger partial charge in [-0.2, -0.15) is 0 Å².